The number of hydrogen-bond donors (Lipinski definition) is 1. The topological polar surface area (TPSA) is 35.6 Å². The lowest BCUT2D eigenvalue weighted by atomic mass is 10.2. The van der Waals surface area contributed by atoms with Gasteiger partial charge in [-0.1, -0.05) is 0 Å². The zero-order valence-electron chi connectivity index (χ0n) is 11.2. The summed E-state index contributed by atoms with van der Waals surface area (Å²) < 4.78 is 0. The zero-order valence-corrected chi connectivity index (χ0v) is 12.0. The first-order valence-corrected chi connectivity index (χ1v) is 8.02. The molecule has 1 aromatic heterocycles. The van der Waals surface area contributed by atoms with Crippen molar-refractivity contribution < 1.29 is 4.79 Å². The third kappa shape index (κ3) is 3.70. The molecule has 5 heteroatoms. The molecule has 0 bridgehead atoms. The molecule has 1 aliphatic heterocycles. The summed E-state index contributed by atoms with van der Waals surface area (Å²) in [6, 6.07) is 2.31. The van der Waals surface area contributed by atoms with Gasteiger partial charge in [0.25, 0.3) is 0 Å². The standard InChI is InChI=1S/C14H21N3OS/c18-14(15-9-12-1-2-12)17-6-4-16(5-7-17)10-13-3-8-19-11-13/h3,8,11-12H,1-2,4-7,9-10H2,(H,15,18). The Morgan fingerprint density at radius 1 is 1.32 bits per heavy atom. The average molecular weight is 279 g/mol. The Morgan fingerprint density at radius 2 is 2.11 bits per heavy atom. The lowest BCUT2D eigenvalue weighted by Gasteiger charge is -2.34. The number of nitrogens with zero attached hydrogens (tertiary/aromatic N) is 2. The Bertz CT molecular complexity index is 408. The fraction of sp³-hybridized carbons (Fsp3) is 0.643. The lowest BCUT2D eigenvalue weighted by Crippen LogP contribution is -2.51. The largest absolute Gasteiger partial charge is 0.338 e. The number of carbonyl (C=O) groups is 1. The monoisotopic (exact) mass is 279 g/mol. The van der Waals surface area contributed by atoms with E-state index in [1.165, 1.54) is 18.4 Å². The van der Waals surface area contributed by atoms with Crippen LogP contribution in [0, 0.1) is 5.92 Å². The molecule has 2 aliphatic rings. The van der Waals surface area contributed by atoms with E-state index >= 15 is 0 Å². The highest BCUT2D eigenvalue weighted by Gasteiger charge is 2.25. The molecule has 1 aromatic rings. The van der Waals surface area contributed by atoms with Gasteiger partial charge in [-0.05, 0) is 41.1 Å². The Hall–Kier alpha value is -1.07. The van der Waals surface area contributed by atoms with Crippen LogP contribution in [0.4, 0.5) is 4.79 Å². The number of rotatable bonds is 4. The van der Waals surface area contributed by atoms with Crippen molar-refractivity contribution in [2.75, 3.05) is 32.7 Å². The molecule has 1 saturated carbocycles. The van der Waals surface area contributed by atoms with Gasteiger partial charge in [0.2, 0.25) is 0 Å². The summed E-state index contributed by atoms with van der Waals surface area (Å²) in [6.07, 6.45) is 2.57. The molecular formula is C14H21N3OS. The highest BCUT2D eigenvalue weighted by atomic mass is 32.1. The van der Waals surface area contributed by atoms with Crippen molar-refractivity contribution in [1.82, 2.24) is 15.1 Å². The number of thiophene rings is 1. The van der Waals surface area contributed by atoms with Gasteiger partial charge >= 0.3 is 6.03 Å². The van der Waals surface area contributed by atoms with Gasteiger partial charge in [0.15, 0.2) is 0 Å². The fourth-order valence-corrected chi connectivity index (χ4v) is 3.08. The third-order valence-corrected chi connectivity index (χ3v) is 4.62. The number of nitrogens with one attached hydrogen (secondary N) is 1. The predicted molar refractivity (Wildman–Crippen MR) is 77.3 cm³/mol. The zero-order chi connectivity index (χ0) is 13.1. The number of hydrogen-bond acceptors (Lipinski definition) is 3. The number of piperazine rings is 1. The molecular weight excluding hydrogens is 258 g/mol. The molecule has 0 spiro atoms. The normalized spacial score (nSPS) is 20.5. The van der Waals surface area contributed by atoms with Crippen LogP contribution in [0.1, 0.15) is 18.4 Å². The maximum absolute atomic E-state index is 12.0. The van der Waals surface area contributed by atoms with Crippen molar-refractivity contribution in [2.24, 2.45) is 5.92 Å². The molecule has 19 heavy (non-hydrogen) atoms. The van der Waals surface area contributed by atoms with Crippen LogP contribution in [0.15, 0.2) is 16.8 Å². The van der Waals surface area contributed by atoms with Crippen molar-refractivity contribution in [1.29, 1.82) is 0 Å². The second-order valence-electron chi connectivity index (χ2n) is 5.52. The van der Waals surface area contributed by atoms with Gasteiger partial charge < -0.3 is 10.2 Å². The van der Waals surface area contributed by atoms with Crippen LogP contribution >= 0.6 is 11.3 Å². The SMILES string of the molecule is O=C(NCC1CC1)N1CCN(Cc2ccsc2)CC1. The summed E-state index contributed by atoms with van der Waals surface area (Å²) >= 11 is 1.75. The molecule has 104 valence electrons. The molecule has 2 heterocycles. The number of urea groups is 1. The minimum atomic E-state index is 0.127. The van der Waals surface area contributed by atoms with Crippen LogP contribution in [0.25, 0.3) is 0 Å². The molecule has 0 aromatic carbocycles. The molecule has 1 saturated heterocycles. The van der Waals surface area contributed by atoms with Crippen LogP contribution in [-0.2, 0) is 6.54 Å². The Balaban J connectivity index is 1.39. The second-order valence-corrected chi connectivity index (χ2v) is 6.30. The van der Waals surface area contributed by atoms with Crippen LogP contribution in [0.3, 0.4) is 0 Å². The summed E-state index contributed by atoms with van der Waals surface area (Å²) in [5, 5.41) is 7.37. The van der Waals surface area contributed by atoms with E-state index in [2.05, 4.69) is 27.0 Å². The summed E-state index contributed by atoms with van der Waals surface area (Å²) in [5.74, 6) is 0.754. The summed E-state index contributed by atoms with van der Waals surface area (Å²) in [5.41, 5.74) is 1.39. The van der Waals surface area contributed by atoms with Gasteiger partial charge in [-0.15, -0.1) is 0 Å². The second kappa shape index (κ2) is 5.92. The lowest BCUT2D eigenvalue weighted by molar-refractivity contribution is 0.135. The minimum Gasteiger partial charge on any atom is -0.338 e. The summed E-state index contributed by atoms with van der Waals surface area (Å²) in [6.45, 7) is 5.54. The van der Waals surface area contributed by atoms with E-state index in [9.17, 15) is 4.79 Å². The molecule has 4 nitrogen and oxygen atoms in total. The molecule has 2 fully saturated rings. The van der Waals surface area contributed by atoms with Gasteiger partial charge in [-0.2, -0.15) is 11.3 Å². The minimum absolute atomic E-state index is 0.127. The third-order valence-electron chi connectivity index (χ3n) is 3.88. The van der Waals surface area contributed by atoms with E-state index in [1.807, 2.05) is 4.90 Å². The first kappa shape index (κ1) is 12.9. The van der Waals surface area contributed by atoms with Crippen molar-refractivity contribution in [3.05, 3.63) is 22.4 Å². The highest BCUT2D eigenvalue weighted by molar-refractivity contribution is 7.07. The quantitative estimate of drug-likeness (QED) is 0.915. The molecule has 0 unspecified atom stereocenters. The summed E-state index contributed by atoms with van der Waals surface area (Å²) in [4.78, 5) is 16.3. The average Bonchev–Trinajstić information content (AvgIpc) is 3.13. The molecule has 1 N–H and O–H groups in total. The van der Waals surface area contributed by atoms with E-state index in [-0.39, 0.29) is 6.03 Å². The molecule has 0 radical (unpaired) electrons. The number of amides is 2. The van der Waals surface area contributed by atoms with Crippen LogP contribution in [0.2, 0.25) is 0 Å². The first-order valence-electron chi connectivity index (χ1n) is 7.07. The number of carbonyl (C=O) groups excluding carboxylic acids is 1. The Kier molecular flexibility index (Phi) is 4.03. The highest BCUT2D eigenvalue weighted by Crippen LogP contribution is 2.27. The van der Waals surface area contributed by atoms with Crippen LogP contribution in [-0.4, -0.2) is 48.6 Å². The van der Waals surface area contributed by atoms with E-state index in [4.69, 9.17) is 0 Å². The summed E-state index contributed by atoms with van der Waals surface area (Å²) in [7, 11) is 0. The van der Waals surface area contributed by atoms with Gasteiger partial charge in [0, 0.05) is 39.3 Å². The maximum atomic E-state index is 12.0. The van der Waals surface area contributed by atoms with Crippen molar-refractivity contribution in [3.8, 4) is 0 Å². The van der Waals surface area contributed by atoms with Crippen molar-refractivity contribution >= 4 is 17.4 Å². The molecule has 3 rings (SSSR count). The molecule has 1 aliphatic carbocycles. The van der Waals surface area contributed by atoms with Crippen LogP contribution in [0.5, 0.6) is 0 Å². The van der Waals surface area contributed by atoms with Gasteiger partial charge in [0.05, 0.1) is 0 Å². The smallest absolute Gasteiger partial charge is 0.317 e. The Labute approximate surface area is 118 Å². The van der Waals surface area contributed by atoms with E-state index in [0.717, 1.165) is 45.2 Å². The van der Waals surface area contributed by atoms with Crippen molar-refractivity contribution in [2.45, 2.75) is 19.4 Å². The molecule has 0 atom stereocenters. The van der Waals surface area contributed by atoms with Crippen molar-refractivity contribution in [3.63, 3.8) is 0 Å². The van der Waals surface area contributed by atoms with Gasteiger partial charge in [0.1, 0.15) is 0 Å². The van der Waals surface area contributed by atoms with Gasteiger partial charge in [-0.25, -0.2) is 4.79 Å². The van der Waals surface area contributed by atoms with E-state index < -0.39 is 0 Å². The van der Waals surface area contributed by atoms with E-state index in [0.29, 0.717) is 0 Å². The first-order chi connectivity index (χ1) is 9.31. The maximum Gasteiger partial charge on any atom is 0.317 e. The van der Waals surface area contributed by atoms with Gasteiger partial charge in [-0.3, -0.25) is 4.90 Å². The predicted octanol–water partition coefficient (Wildman–Crippen LogP) is 1.99. The fourth-order valence-electron chi connectivity index (χ4n) is 2.42. The van der Waals surface area contributed by atoms with Crippen LogP contribution < -0.4 is 5.32 Å². The Morgan fingerprint density at radius 3 is 2.74 bits per heavy atom. The van der Waals surface area contributed by atoms with E-state index in [1.54, 1.807) is 11.3 Å². The molecule has 2 amide bonds.